The molecule has 0 bridgehead atoms. The van der Waals surface area contributed by atoms with Crippen LogP contribution >= 0.6 is 11.3 Å². The number of anilines is 3. The second kappa shape index (κ2) is 14.1. The fraction of sp³-hybridized carbons (Fsp3) is 0.0164. The van der Waals surface area contributed by atoms with Crippen LogP contribution in [0.3, 0.4) is 0 Å². The molecule has 0 N–H and O–H groups in total. The summed E-state index contributed by atoms with van der Waals surface area (Å²) in [6, 6.07) is 88.0. The standard InChI is InChI=1S/C61H39NS/c1-3-15-40(16-4-1)42-27-31-44(32-28-42)62(45-33-29-43(30-34-45)41-17-5-2-6-18-41)46-35-36-50-48-20-8-7-19-47(48)49-21-9-12-24-53(49)61(56(50)39-46)54-25-13-10-22-51(54)59-55(61)37-38-58-60(59)52-23-11-14-26-57(52)63-58/h1-39H. The van der Waals surface area contributed by atoms with Gasteiger partial charge in [-0.05, 0) is 126 Å². The molecule has 1 atom stereocenters. The molecular formula is C61H39NS. The lowest BCUT2D eigenvalue weighted by atomic mass is 9.65. The Bertz CT molecular complexity index is 3470. The number of hydrogen-bond acceptors (Lipinski definition) is 2. The van der Waals surface area contributed by atoms with Gasteiger partial charge in [0.15, 0.2) is 0 Å². The molecule has 1 aromatic heterocycles. The van der Waals surface area contributed by atoms with E-state index in [1.807, 2.05) is 11.3 Å². The molecule has 2 aliphatic carbocycles. The Kier molecular flexibility index (Phi) is 8.06. The first-order valence-corrected chi connectivity index (χ1v) is 22.6. The Balaban J connectivity index is 1.11. The molecule has 0 saturated carbocycles. The zero-order valence-electron chi connectivity index (χ0n) is 34.4. The molecule has 0 amide bonds. The molecule has 2 aliphatic rings. The van der Waals surface area contributed by atoms with E-state index in [0.29, 0.717) is 0 Å². The molecule has 1 unspecified atom stereocenters. The summed E-state index contributed by atoms with van der Waals surface area (Å²) in [5.74, 6) is 0. The van der Waals surface area contributed by atoms with Crippen LogP contribution in [0.25, 0.3) is 75.8 Å². The summed E-state index contributed by atoms with van der Waals surface area (Å²) in [6.07, 6.45) is 0. The number of thiophene rings is 1. The van der Waals surface area contributed by atoms with Crippen LogP contribution in [-0.4, -0.2) is 0 Å². The second-order valence-corrected chi connectivity index (χ2v) is 17.8. The van der Waals surface area contributed by atoms with E-state index in [1.165, 1.54) is 98.1 Å². The largest absolute Gasteiger partial charge is 0.310 e. The van der Waals surface area contributed by atoms with E-state index in [0.717, 1.165) is 17.1 Å². The lowest BCUT2D eigenvalue weighted by Crippen LogP contribution is -2.29. The Hall–Kier alpha value is -7.78. The Morgan fingerprint density at radius 2 is 0.778 bits per heavy atom. The Morgan fingerprint density at radius 1 is 0.302 bits per heavy atom. The first-order valence-electron chi connectivity index (χ1n) is 21.8. The highest BCUT2D eigenvalue weighted by Crippen LogP contribution is 2.64. The van der Waals surface area contributed by atoms with Gasteiger partial charge in [0.25, 0.3) is 0 Å². The molecule has 0 fully saturated rings. The van der Waals surface area contributed by atoms with E-state index in [2.05, 4.69) is 241 Å². The molecule has 0 saturated heterocycles. The second-order valence-electron chi connectivity index (χ2n) is 16.7. The number of nitrogens with zero attached hydrogens (tertiary/aromatic N) is 1. The van der Waals surface area contributed by atoms with Crippen molar-refractivity contribution >= 4 is 48.6 Å². The summed E-state index contributed by atoms with van der Waals surface area (Å²) < 4.78 is 2.65. The predicted octanol–water partition coefficient (Wildman–Crippen LogP) is 16.9. The fourth-order valence-electron chi connectivity index (χ4n) is 10.8. The molecule has 1 spiro atoms. The molecule has 1 nitrogen and oxygen atoms in total. The van der Waals surface area contributed by atoms with Crippen molar-refractivity contribution in [2.75, 3.05) is 4.90 Å². The summed E-state index contributed by atoms with van der Waals surface area (Å²) in [6.45, 7) is 0. The summed E-state index contributed by atoms with van der Waals surface area (Å²) in [4.78, 5) is 2.44. The predicted molar refractivity (Wildman–Crippen MR) is 267 cm³/mol. The summed E-state index contributed by atoms with van der Waals surface area (Å²) >= 11 is 1.90. The van der Waals surface area contributed by atoms with Crippen LogP contribution in [0.1, 0.15) is 22.3 Å². The maximum Gasteiger partial charge on any atom is 0.0726 e. The average molecular weight is 818 g/mol. The van der Waals surface area contributed by atoms with E-state index in [9.17, 15) is 0 Å². The van der Waals surface area contributed by atoms with Crippen molar-refractivity contribution < 1.29 is 0 Å². The molecule has 63 heavy (non-hydrogen) atoms. The van der Waals surface area contributed by atoms with Crippen LogP contribution in [0.2, 0.25) is 0 Å². The zero-order chi connectivity index (χ0) is 41.5. The fourth-order valence-corrected chi connectivity index (χ4v) is 11.9. The topological polar surface area (TPSA) is 3.24 Å². The quantitative estimate of drug-likeness (QED) is 0.167. The zero-order valence-corrected chi connectivity index (χ0v) is 35.2. The van der Waals surface area contributed by atoms with Gasteiger partial charge in [0, 0.05) is 37.2 Å². The van der Waals surface area contributed by atoms with Gasteiger partial charge in [-0.2, -0.15) is 0 Å². The van der Waals surface area contributed by atoms with Crippen molar-refractivity contribution in [3.63, 3.8) is 0 Å². The molecule has 1 heterocycles. The SMILES string of the molecule is c1ccc(-c2ccc(N(c3ccc(-c4ccccc4)cc3)c3ccc4c(c3)C3(c5ccccc5-c5ccccc5-4)c4ccccc4-c4c3ccc3sc5ccccc5c43)cc2)cc1. The highest BCUT2D eigenvalue weighted by atomic mass is 32.1. The minimum Gasteiger partial charge on any atom is -0.310 e. The summed E-state index contributed by atoms with van der Waals surface area (Å²) in [5, 5.41) is 2.68. The first-order chi connectivity index (χ1) is 31.3. The van der Waals surface area contributed by atoms with Crippen LogP contribution < -0.4 is 4.90 Å². The maximum absolute atomic E-state index is 2.52. The van der Waals surface area contributed by atoms with E-state index in [1.54, 1.807) is 0 Å². The molecule has 0 radical (unpaired) electrons. The van der Waals surface area contributed by atoms with Crippen molar-refractivity contribution in [3.05, 3.63) is 259 Å². The summed E-state index contributed by atoms with van der Waals surface area (Å²) in [5.41, 5.74) is 20.4. The van der Waals surface area contributed by atoms with E-state index >= 15 is 0 Å². The Labute approximate surface area is 371 Å². The van der Waals surface area contributed by atoms with Gasteiger partial charge < -0.3 is 4.90 Å². The summed E-state index contributed by atoms with van der Waals surface area (Å²) in [7, 11) is 0. The molecular weight excluding hydrogens is 779 g/mol. The third-order valence-corrected chi connectivity index (χ3v) is 14.7. The highest BCUT2D eigenvalue weighted by molar-refractivity contribution is 7.26. The smallest absolute Gasteiger partial charge is 0.0726 e. The minimum absolute atomic E-state index is 0.621. The van der Waals surface area contributed by atoms with Gasteiger partial charge in [0.2, 0.25) is 0 Å². The lowest BCUT2D eigenvalue weighted by Gasteiger charge is -2.36. The van der Waals surface area contributed by atoms with Crippen molar-refractivity contribution in [2.24, 2.45) is 0 Å². The van der Waals surface area contributed by atoms with Crippen LogP contribution in [0.4, 0.5) is 17.1 Å². The van der Waals surface area contributed by atoms with Gasteiger partial charge >= 0.3 is 0 Å². The van der Waals surface area contributed by atoms with Gasteiger partial charge in [-0.1, -0.05) is 188 Å². The van der Waals surface area contributed by atoms with Crippen molar-refractivity contribution in [1.82, 2.24) is 0 Å². The van der Waals surface area contributed by atoms with Gasteiger partial charge in [-0.15, -0.1) is 11.3 Å². The highest BCUT2D eigenvalue weighted by Gasteiger charge is 2.50. The van der Waals surface area contributed by atoms with E-state index < -0.39 is 5.41 Å². The maximum atomic E-state index is 2.52. The third kappa shape index (κ3) is 5.35. The van der Waals surface area contributed by atoms with E-state index in [-0.39, 0.29) is 0 Å². The van der Waals surface area contributed by atoms with E-state index in [4.69, 9.17) is 0 Å². The molecule has 10 aromatic carbocycles. The number of rotatable bonds is 5. The molecule has 13 rings (SSSR count). The van der Waals surface area contributed by atoms with Crippen molar-refractivity contribution in [1.29, 1.82) is 0 Å². The van der Waals surface area contributed by atoms with Gasteiger partial charge in [0.05, 0.1) is 5.41 Å². The molecule has 294 valence electrons. The number of fused-ring (bicyclic) bond motifs is 16. The monoisotopic (exact) mass is 817 g/mol. The molecule has 0 aliphatic heterocycles. The minimum atomic E-state index is -0.621. The van der Waals surface area contributed by atoms with Gasteiger partial charge in [0.1, 0.15) is 0 Å². The number of benzene rings is 10. The van der Waals surface area contributed by atoms with Crippen molar-refractivity contribution in [3.8, 4) is 55.6 Å². The first kappa shape index (κ1) is 35.9. The van der Waals surface area contributed by atoms with Gasteiger partial charge in [-0.25, -0.2) is 0 Å². The number of hydrogen-bond donors (Lipinski definition) is 0. The average Bonchev–Trinajstić information content (AvgIpc) is 3.86. The van der Waals surface area contributed by atoms with Crippen LogP contribution in [0.15, 0.2) is 237 Å². The normalized spacial score (nSPS) is 14.4. The Morgan fingerprint density at radius 3 is 1.41 bits per heavy atom. The third-order valence-electron chi connectivity index (χ3n) is 13.5. The molecule has 2 heteroatoms. The lowest BCUT2D eigenvalue weighted by molar-refractivity contribution is 0.776. The van der Waals surface area contributed by atoms with Crippen LogP contribution in [0, 0.1) is 0 Å². The molecule has 11 aromatic rings. The van der Waals surface area contributed by atoms with Crippen LogP contribution in [-0.2, 0) is 5.41 Å². The van der Waals surface area contributed by atoms with Crippen molar-refractivity contribution in [2.45, 2.75) is 5.41 Å². The van der Waals surface area contributed by atoms with Crippen LogP contribution in [0.5, 0.6) is 0 Å². The van der Waals surface area contributed by atoms with Gasteiger partial charge in [-0.3, -0.25) is 0 Å².